The molecule has 0 radical (unpaired) electrons. The van der Waals surface area contributed by atoms with E-state index in [-0.39, 0.29) is 11.6 Å². The van der Waals surface area contributed by atoms with Crippen molar-refractivity contribution in [2.75, 3.05) is 0 Å². The predicted octanol–water partition coefficient (Wildman–Crippen LogP) is 4.51. The largest absolute Gasteiger partial charge is 0.487 e. The van der Waals surface area contributed by atoms with Crippen molar-refractivity contribution in [1.29, 1.82) is 0 Å². The summed E-state index contributed by atoms with van der Waals surface area (Å²) in [4.78, 5) is 0. The number of ether oxygens (including phenoxy) is 1. The molecule has 2 N–H and O–H groups in total. The highest BCUT2D eigenvalue weighted by atomic mass is 16.5. The van der Waals surface area contributed by atoms with Crippen molar-refractivity contribution < 1.29 is 4.74 Å². The lowest BCUT2D eigenvalue weighted by Gasteiger charge is -2.41. The van der Waals surface area contributed by atoms with Gasteiger partial charge in [0.1, 0.15) is 11.4 Å². The Hall–Kier alpha value is -1.02. The summed E-state index contributed by atoms with van der Waals surface area (Å²) >= 11 is 0. The Morgan fingerprint density at radius 2 is 2.15 bits per heavy atom. The number of benzene rings is 1. The molecule has 1 aliphatic carbocycles. The van der Waals surface area contributed by atoms with E-state index in [0.29, 0.717) is 0 Å². The Morgan fingerprint density at radius 1 is 1.30 bits per heavy atom. The van der Waals surface area contributed by atoms with Crippen molar-refractivity contribution in [3.05, 3.63) is 29.3 Å². The normalized spacial score (nSPS) is 33.4. The van der Waals surface area contributed by atoms with Crippen molar-refractivity contribution in [1.82, 2.24) is 0 Å². The summed E-state index contributed by atoms with van der Waals surface area (Å²) in [5, 5.41) is 0. The van der Waals surface area contributed by atoms with E-state index in [4.69, 9.17) is 10.5 Å². The molecular formula is C18H27NO. The Morgan fingerprint density at radius 3 is 2.95 bits per heavy atom. The van der Waals surface area contributed by atoms with Crippen LogP contribution in [0.1, 0.15) is 69.0 Å². The number of aryl methyl sites for hydroxylation is 1. The van der Waals surface area contributed by atoms with Crippen molar-refractivity contribution in [2.45, 2.75) is 70.4 Å². The van der Waals surface area contributed by atoms with Crippen LogP contribution in [-0.2, 0) is 0 Å². The zero-order chi connectivity index (χ0) is 14.2. The fraction of sp³-hybridized carbons (Fsp3) is 0.667. The molecule has 1 aromatic carbocycles. The molecule has 20 heavy (non-hydrogen) atoms. The van der Waals surface area contributed by atoms with E-state index in [9.17, 15) is 0 Å². The van der Waals surface area contributed by atoms with Crippen LogP contribution in [0, 0.1) is 12.8 Å². The van der Waals surface area contributed by atoms with Gasteiger partial charge in [0.05, 0.1) is 0 Å². The van der Waals surface area contributed by atoms with Gasteiger partial charge < -0.3 is 10.5 Å². The Labute approximate surface area is 122 Å². The van der Waals surface area contributed by atoms with Crippen LogP contribution in [0.4, 0.5) is 0 Å². The van der Waals surface area contributed by atoms with Crippen molar-refractivity contribution in [3.8, 4) is 5.75 Å². The molecule has 0 bridgehead atoms. The smallest absolute Gasteiger partial charge is 0.124 e. The second-order valence-electron chi connectivity index (χ2n) is 6.84. The average Bonchev–Trinajstić information content (AvgIpc) is 2.62. The van der Waals surface area contributed by atoms with Crippen LogP contribution in [0.3, 0.4) is 0 Å². The van der Waals surface area contributed by atoms with Gasteiger partial charge in [0.25, 0.3) is 0 Å². The molecule has 1 fully saturated rings. The molecule has 3 atom stereocenters. The Kier molecular flexibility index (Phi) is 3.76. The predicted molar refractivity (Wildman–Crippen MR) is 82.9 cm³/mol. The van der Waals surface area contributed by atoms with Gasteiger partial charge in [-0.05, 0) is 44.6 Å². The lowest BCUT2D eigenvalue weighted by atomic mass is 9.82. The summed E-state index contributed by atoms with van der Waals surface area (Å²) in [6.07, 6.45) is 8.57. The first-order valence-electron chi connectivity index (χ1n) is 8.17. The maximum Gasteiger partial charge on any atom is 0.124 e. The number of nitrogens with two attached hydrogens (primary N) is 1. The van der Waals surface area contributed by atoms with Crippen LogP contribution in [0.5, 0.6) is 5.75 Å². The first-order valence-corrected chi connectivity index (χ1v) is 8.17. The van der Waals surface area contributed by atoms with E-state index in [0.717, 1.165) is 18.1 Å². The van der Waals surface area contributed by atoms with Gasteiger partial charge in [-0.1, -0.05) is 37.5 Å². The number of fused-ring (bicyclic) bond motifs is 1. The van der Waals surface area contributed by atoms with Crippen LogP contribution in [0.2, 0.25) is 0 Å². The molecule has 1 saturated carbocycles. The monoisotopic (exact) mass is 273 g/mol. The summed E-state index contributed by atoms with van der Waals surface area (Å²) in [7, 11) is 0. The molecule has 2 nitrogen and oxygen atoms in total. The lowest BCUT2D eigenvalue weighted by Crippen LogP contribution is -2.42. The second kappa shape index (κ2) is 5.40. The molecule has 110 valence electrons. The molecule has 1 aliphatic heterocycles. The van der Waals surface area contributed by atoms with Gasteiger partial charge in [-0.2, -0.15) is 0 Å². The van der Waals surface area contributed by atoms with Crippen LogP contribution >= 0.6 is 0 Å². The van der Waals surface area contributed by atoms with Crippen molar-refractivity contribution >= 4 is 0 Å². The molecule has 0 amide bonds. The SMILES string of the molecule is CCC1CCCC2(CC1)C[C@H](N)c1cc(C)ccc1O2. The standard InChI is InChI=1S/C18H27NO/c1-3-14-5-4-9-18(10-8-14)12-16(19)15-11-13(2)6-7-17(15)20-18/h6-7,11,14,16H,3-5,8-10,12,19H2,1-2H3/t14?,16-,18?/m0/s1. The summed E-state index contributed by atoms with van der Waals surface area (Å²) in [6.45, 7) is 4.43. The van der Waals surface area contributed by atoms with E-state index in [1.54, 1.807) is 0 Å². The molecular weight excluding hydrogens is 246 g/mol. The van der Waals surface area contributed by atoms with Crippen molar-refractivity contribution in [2.24, 2.45) is 11.7 Å². The number of hydrogen-bond donors (Lipinski definition) is 1. The second-order valence-corrected chi connectivity index (χ2v) is 6.84. The fourth-order valence-electron chi connectivity index (χ4n) is 4.00. The first kappa shape index (κ1) is 13.9. The van der Waals surface area contributed by atoms with E-state index in [1.807, 2.05) is 0 Å². The highest BCUT2D eigenvalue weighted by molar-refractivity contribution is 5.41. The highest BCUT2D eigenvalue weighted by Gasteiger charge is 2.40. The molecule has 1 aromatic rings. The molecule has 3 rings (SSSR count). The zero-order valence-electron chi connectivity index (χ0n) is 12.8. The maximum atomic E-state index is 6.48. The van der Waals surface area contributed by atoms with Gasteiger partial charge in [0.2, 0.25) is 0 Å². The van der Waals surface area contributed by atoms with Crippen LogP contribution < -0.4 is 10.5 Å². The third-order valence-electron chi connectivity index (χ3n) is 5.31. The minimum absolute atomic E-state index is 0.00555. The van der Waals surface area contributed by atoms with Crippen LogP contribution in [0.15, 0.2) is 18.2 Å². The zero-order valence-corrected chi connectivity index (χ0v) is 12.8. The minimum Gasteiger partial charge on any atom is -0.487 e. The Balaban J connectivity index is 1.85. The van der Waals surface area contributed by atoms with E-state index >= 15 is 0 Å². The summed E-state index contributed by atoms with van der Waals surface area (Å²) in [5.74, 6) is 1.91. The molecule has 2 unspecified atom stereocenters. The van der Waals surface area contributed by atoms with Gasteiger partial charge in [0, 0.05) is 18.0 Å². The van der Waals surface area contributed by atoms with Crippen molar-refractivity contribution in [3.63, 3.8) is 0 Å². The van der Waals surface area contributed by atoms with Gasteiger partial charge in [-0.3, -0.25) is 0 Å². The summed E-state index contributed by atoms with van der Waals surface area (Å²) in [5.41, 5.74) is 8.93. The van der Waals surface area contributed by atoms with Crippen LogP contribution in [0.25, 0.3) is 0 Å². The Bertz CT molecular complexity index is 484. The van der Waals surface area contributed by atoms with Gasteiger partial charge in [-0.25, -0.2) is 0 Å². The molecule has 1 spiro atoms. The topological polar surface area (TPSA) is 35.2 Å². The third kappa shape index (κ3) is 2.58. The molecule has 0 aromatic heterocycles. The number of hydrogen-bond acceptors (Lipinski definition) is 2. The average molecular weight is 273 g/mol. The highest BCUT2D eigenvalue weighted by Crippen LogP contribution is 2.45. The van der Waals surface area contributed by atoms with Gasteiger partial charge in [0.15, 0.2) is 0 Å². The fourth-order valence-corrected chi connectivity index (χ4v) is 4.00. The molecule has 1 heterocycles. The van der Waals surface area contributed by atoms with Gasteiger partial charge in [-0.15, -0.1) is 0 Å². The molecule has 2 heteroatoms. The molecule has 0 saturated heterocycles. The van der Waals surface area contributed by atoms with E-state index in [2.05, 4.69) is 32.0 Å². The van der Waals surface area contributed by atoms with E-state index in [1.165, 1.54) is 49.7 Å². The van der Waals surface area contributed by atoms with Gasteiger partial charge >= 0.3 is 0 Å². The summed E-state index contributed by atoms with van der Waals surface area (Å²) in [6, 6.07) is 6.58. The third-order valence-corrected chi connectivity index (χ3v) is 5.31. The number of rotatable bonds is 1. The lowest BCUT2D eigenvalue weighted by molar-refractivity contribution is 0.0203. The minimum atomic E-state index is 0.00555. The molecule has 2 aliphatic rings. The van der Waals surface area contributed by atoms with Crippen LogP contribution in [-0.4, -0.2) is 5.60 Å². The first-order chi connectivity index (χ1) is 9.62. The summed E-state index contributed by atoms with van der Waals surface area (Å²) < 4.78 is 6.48. The quantitative estimate of drug-likeness (QED) is 0.817. The van der Waals surface area contributed by atoms with E-state index < -0.39 is 0 Å². The maximum absolute atomic E-state index is 6.48.